The molecule has 6 heteroatoms. The molecule has 3 aromatic rings. The second-order valence-corrected chi connectivity index (χ2v) is 5.52. The maximum Gasteiger partial charge on any atom is 0.200 e. The largest absolute Gasteiger partial charge is 0.502 e. The highest BCUT2D eigenvalue weighted by molar-refractivity contribution is 5.82. The van der Waals surface area contributed by atoms with Gasteiger partial charge in [0, 0.05) is 11.1 Å². The number of nitrogens with two attached hydrogens (primary N) is 1. The van der Waals surface area contributed by atoms with E-state index in [1.807, 2.05) is 30.3 Å². The SMILES string of the molecule is COc1cc(-c2cc(-c3ccccc3)nc(N)c2C#N)cc(OC)c1O. The van der Waals surface area contributed by atoms with E-state index in [9.17, 15) is 10.4 Å². The fraction of sp³-hybridized carbons (Fsp3) is 0.100. The van der Waals surface area contributed by atoms with Gasteiger partial charge in [-0.25, -0.2) is 4.98 Å². The van der Waals surface area contributed by atoms with Crippen molar-refractivity contribution in [3.8, 4) is 45.7 Å². The molecule has 6 nitrogen and oxygen atoms in total. The van der Waals surface area contributed by atoms with Crippen LogP contribution in [-0.2, 0) is 0 Å². The molecule has 0 unspecified atom stereocenters. The Balaban J connectivity index is 2.28. The van der Waals surface area contributed by atoms with E-state index in [-0.39, 0.29) is 28.6 Å². The molecular weight excluding hydrogens is 330 g/mol. The van der Waals surface area contributed by atoms with E-state index >= 15 is 0 Å². The summed E-state index contributed by atoms with van der Waals surface area (Å²) in [4.78, 5) is 4.35. The number of nitriles is 1. The van der Waals surface area contributed by atoms with Crippen LogP contribution in [0, 0.1) is 11.3 Å². The minimum Gasteiger partial charge on any atom is -0.502 e. The molecule has 3 N–H and O–H groups in total. The minimum atomic E-state index is -0.109. The van der Waals surface area contributed by atoms with Crippen molar-refractivity contribution in [2.45, 2.75) is 0 Å². The summed E-state index contributed by atoms with van der Waals surface area (Å²) in [5.74, 6) is 0.497. The van der Waals surface area contributed by atoms with Crippen LogP contribution in [0.4, 0.5) is 5.82 Å². The zero-order chi connectivity index (χ0) is 18.7. The molecule has 0 radical (unpaired) electrons. The number of pyridine rings is 1. The van der Waals surface area contributed by atoms with Crippen LogP contribution in [0.1, 0.15) is 5.56 Å². The molecule has 0 atom stereocenters. The Hall–Kier alpha value is -3.72. The highest BCUT2D eigenvalue weighted by Gasteiger charge is 2.18. The maximum atomic E-state index is 10.1. The van der Waals surface area contributed by atoms with Gasteiger partial charge < -0.3 is 20.3 Å². The molecule has 130 valence electrons. The van der Waals surface area contributed by atoms with E-state index in [2.05, 4.69) is 11.1 Å². The Labute approximate surface area is 151 Å². The van der Waals surface area contributed by atoms with Crippen molar-refractivity contribution in [3.63, 3.8) is 0 Å². The quantitative estimate of drug-likeness (QED) is 0.748. The summed E-state index contributed by atoms with van der Waals surface area (Å²) < 4.78 is 10.4. The monoisotopic (exact) mass is 347 g/mol. The second-order valence-electron chi connectivity index (χ2n) is 5.52. The molecule has 0 aliphatic heterocycles. The number of ether oxygens (including phenoxy) is 2. The van der Waals surface area contributed by atoms with Crippen molar-refractivity contribution < 1.29 is 14.6 Å². The average molecular weight is 347 g/mol. The molecule has 0 saturated carbocycles. The molecule has 1 heterocycles. The molecule has 1 aromatic heterocycles. The number of nitrogens with zero attached hydrogens (tertiary/aromatic N) is 2. The third kappa shape index (κ3) is 2.98. The molecule has 2 aromatic carbocycles. The normalized spacial score (nSPS) is 10.2. The number of methoxy groups -OCH3 is 2. The maximum absolute atomic E-state index is 10.1. The number of phenols is 1. The second kappa shape index (κ2) is 7.03. The van der Waals surface area contributed by atoms with Gasteiger partial charge in [0.1, 0.15) is 17.5 Å². The lowest BCUT2D eigenvalue weighted by Crippen LogP contribution is -2.00. The number of hydrogen-bond acceptors (Lipinski definition) is 6. The van der Waals surface area contributed by atoms with Crippen molar-refractivity contribution in [2.75, 3.05) is 20.0 Å². The molecule has 0 saturated heterocycles. The van der Waals surface area contributed by atoms with Gasteiger partial charge >= 0.3 is 0 Å². The van der Waals surface area contributed by atoms with Gasteiger partial charge in [-0.1, -0.05) is 30.3 Å². The summed E-state index contributed by atoms with van der Waals surface area (Å²) in [6, 6.07) is 16.7. The predicted octanol–water partition coefficient (Wildman–Crippen LogP) is 3.59. The first-order valence-electron chi connectivity index (χ1n) is 7.80. The Bertz CT molecular complexity index is 970. The van der Waals surface area contributed by atoms with Gasteiger partial charge in [-0.15, -0.1) is 0 Å². The number of benzene rings is 2. The van der Waals surface area contributed by atoms with E-state index < -0.39 is 0 Å². The van der Waals surface area contributed by atoms with Crippen molar-refractivity contribution >= 4 is 5.82 Å². The van der Waals surface area contributed by atoms with Crippen LogP contribution in [0.25, 0.3) is 22.4 Å². The first kappa shape index (κ1) is 17.1. The van der Waals surface area contributed by atoms with Crippen molar-refractivity contribution in [3.05, 3.63) is 54.1 Å². The number of rotatable bonds is 4. The molecule has 0 amide bonds. The average Bonchev–Trinajstić information content (AvgIpc) is 2.68. The van der Waals surface area contributed by atoms with Crippen molar-refractivity contribution in [1.82, 2.24) is 4.98 Å². The Kier molecular flexibility index (Phi) is 4.63. The number of phenolic OH excluding ortho intramolecular Hbond substituents is 1. The van der Waals surface area contributed by atoms with Crippen LogP contribution >= 0.6 is 0 Å². The molecule has 0 fully saturated rings. The Morgan fingerprint density at radius 2 is 1.62 bits per heavy atom. The third-order valence-corrected chi connectivity index (χ3v) is 4.02. The topological polar surface area (TPSA) is 101 Å². The number of hydrogen-bond donors (Lipinski definition) is 2. The van der Waals surface area contributed by atoms with Gasteiger partial charge in [-0.05, 0) is 23.8 Å². The molecule has 0 aliphatic carbocycles. The first-order valence-corrected chi connectivity index (χ1v) is 7.80. The third-order valence-electron chi connectivity index (χ3n) is 4.02. The lowest BCUT2D eigenvalue weighted by atomic mass is 9.97. The fourth-order valence-corrected chi connectivity index (χ4v) is 2.72. The van der Waals surface area contributed by atoms with E-state index in [0.717, 1.165) is 5.56 Å². The summed E-state index contributed by atoms with van der Waals surface area (Å²) in [6.45, 7) is 0. The van der Waals surface area contributed by atoms with Crippen molar-refractivity contribution in [2.24, 2.45) is 0 Å². The molecule has 3 rings (SSSR count). The molecule has 0 aliphatic rings. The first-order chi connectivity index (χ1) is 12.6. The zero-order valence-electron chi connectivity index (χ0n) is 14.4. The standard InChI is InChI=1S/C20H17N3O3/c1-25-17-8-13(9-18(26-2)19(17)24)14-10-16(12-6-4-3-5-7-12)23-20(22)15(14)11-21/h3-10,24H,1-2H3,(H2,22,23). The summed E-state index contributed by atoms with van der Waals surface area (Å²) >= 11 is 0. The van der Waals surface area contributed by atoms with E-state index in [4.69, 9.17) is 15.2 Å². The van der Waals surface area contributed by atoms with Crippen molar-refractivity contribution in [1.29, 1.82) is 5.26 Å². The predicted molar refractivity (Wildman–Crippen MR) is 99.0 cm³/mol. The summed E-state index contributed by atoms with van der Waals surface area (Å²) in [5.41, 5.74) is 9.01. The highest BCUT2D eigenvalue weighted by Crippen LogP contribution is 2.42. The van der Waals surface area contributed by atoms with Gasteiger partial charge in [0.25, 0.3) is 0 Å². The Morgan fingerprint density at radius 1 is 1.00 bits per heavy atom. The van der Waals surface area contributed by atoms with E-state index in [0.29, 0.717) is 16.8 Å². The van der Waals surface area contributed by atoms with Crippen LogP contribution in [0.5, 0.6) is 17.2 Å². The number of anilines is 1. The summed E-state index contributed by atoms with van der Waals surface area (Å²) in [6.07, 6.45) is 0. The van der Waals surface area contributed by atoms with Crippen LogP contribution in [0.15, 0.2) is 48.5 Å². The molecular formula is C20H17N3O3. The number of nitrogen functional groups attached to an aromatic ring is 1. The van der Waals surface area contributed by atoms with Crippen LogP contribution in [-0.4, -0.2) is 24.3 Å². The highest BCUT2D eigenvalue weighted by atomic mass is 16.5. The molecule has 0 spiro atoms. The Morgan fingerprint density at radius 3 is 2.15 bits per heavy atom. The van der Waals surface area contributed by atoms with Crippen LogP contribution < -0.4 is 15.2 Å². The number of aromatic hydroxyl groups is 1. The fourth-order valence-electron chi connectivity index (χ4n) is 2.72. The lowest BCUT2D eigenvalue weighted by molar-refractivity contribution is 0.340. The van der Waals surface area contributed by atoms with E-state index in [1.54, 1.807) is 18.2 Å². The number of aromatic nitrogens is 1. The lowest BCUT2D eigenvalue weighted by Gasteiger charge is -2.14. The van der Waals surface area contributed by atoms with Crippen LogP contribution in [0.3, 0.4) is 0 Å². The van der Waals surface area contributed by atoms with E-state index in [1.165, 1.54) is 14.2 Å². The summed E-state index contributed by atoms with van der Waals surface area (Å²) in [5, 5.41) is 19.7. The van der Waals surface area contributed by atoms with Crippen LogP contribution in [0.2, 0.25) is 0 Å². The molecule has 0 bridgehead atoms. The zero-order valence-corrected chi connectivity index (χ0v) is 14.4. The summed E-state index contributed by atoms with van der Waals surface area (Å²) in [7, 11) is 2.89. The van der Waals surface area contributed by atoms with Gasteiger partial charge in [0.15, 0.2) is 11.5 Å². The molecule has 26 heavy (non-hydrogen) atoms. The van der Waals surface area contributed by atoms with Gasteiger partial charge in [0.05, 0.1) is 19.9 Å². The minimum absolute atomic E-state index is 0.109. The van der Waals surface area contributed by atoms with Gasteiger partial charge in [-0.2, -0.15) is 5.26 Å². The van der Waals surface area contributed by atoms with Gasteiger partial charge in [0.2, 0.25) is 5.75 Å². The smallest absolute Gasteiger partial charge is 0.200 e. The van der Waals surface area contributed by atoms with Gasteiger partial charge in [-0.3, -0.25) is 0 Å².